The van der Waals surface area contributed by atoms with Crippen molar-refractivity contribution in [3.05, 3.63) is 35.6 Å². The number of amides is 1. The molecule has 2 aliphatic heterocycles. The lowest BCUT2D eigenvalue weighted by Gasteiger charge is -2.47. The molecule has 1 saturated carbocycles. The molecule has 5 nitrogen and oxygen atoms in total. The van der Waals surface area contributed by atoms with Crippen LogP contribution in [0.25, 0.3) is 0 Å². The van der Waals surface area contributed by atoms with Crippen LogP contribution in [0.1, 0.15) is 37.7 Å². The molecule has 3 aliphatic rings. The highest BCUT2D eigenvalue weighted by atomic mass is 32.2. The number of sulfone groups is 1. The van der Waals surface area contributed by atoms with Crippen LogP contribution in [0.15, 0.2) is 24.3 Å². The fraction of sp³-hybridized carbons (Fsp3) is 0.650. The number of hydrogen-bond acceptors (Lipinski definition) is 4. The number of carbonyl (C=O) groups is 1. The van der Waals surface area contributed by atoms with Gasteiger partial charge < -0.3 is 4.90 Å². The third kappa shape index (κ3) is 3.63. The van der Waals surface area contributed by atoms with E-state index in [0.29, 0.717) is 32.2 Å². The first-order chi connectivity index (χ1) is 12.9. The predicted octanol–water partition coefficient (Wildman–Crippen LogP) is 1.97. The van der Waals surface area contributed by atoms with E-state index in [1.54, 1.807) is 6.07 Å². The zero-order valence-corrected chi connectivity index (χ0v) is 16.4. The molecule has 3 fully saturated rings. The Bertz CT molecular complexity index is 800. The van der Waals surface area contributed by atoms with Gasteiger partial charge in [0.2, 0.25) is 5.91 Å². The average molecular weight is 395 g/mol. The number of carbonyl (C=O) groups excluding carboxylic acids is 1. The van der Waals surface area contributed by atoms with Crippen LogP contribution in [0.2, 0.25) is 0 Å². The lowest BCUT2D eigenvalue weighted by Crippen LogP contribution is -2.56. The normalized spacial score (nSPS) is 25.7. The van der Waals surface area contributed by atoms with E-state index in [1.807, 2.05) is 11.0 Å². The Balaban J connectivity index is 1.40. The van der Waals surface area contributed by atoms with E-state index in [1.165, 1.54) is 12.1 Å². The summed E-state index contributed by atoms with van der Waals surface area (Å²) in [5.41, 5.74) is 0.260. The zero-order chi connectivity index (χ0) is 19.1. The van der Waals surface area contributed by atoms with E-state index < -0.39 is 15.3 Å². The molecule has 27 heavy (non-hydrogen) atoms. The summed E-state index contributed by atoms with van der Waals surface area (Å²) >= 11 is 0. The van der Waals surface area contributed by atoms with Crippen molar-refractivity contribution < 1.29 is 17.6 Å². The summed E-state index contributed by atoms with van der Waals surface area (Å²) in [6, 6.07) is 6.86. The number of halogens is 1. The van der Waals surface area contributed by atoms with Gasteiger partial charge in [0.1, 0.15) is 5.82 Å². The highest BCUT2D eigenvalue weighted by molar-refractivity contribution is 7.91. The molecule has 1 aromatic rings. The van der Waals surface area contributed by atoms with E-state index >= 15 is 0 Å². The smallest absolute Gasteiger partial charge is 0.233 e. The molecule has 0 aromatic heterocycles. The average Bonchev–Trinajstić information content (AvgIpc) is 2.61. The van der Waals surface area contributed by atoms with Crippen LogP contribution in [0.4, 0.5) is 4.39 Å². The van der Waals surface area contributed by atoms with Crippen LogP contribution in [0, 0.1) is 5.82 Å². The summed E-state index contributed by atoms with van der Waals surface area (Å²) in [5, 5.41) is 0. The van der Waals surface area contributed by atoms with Gasteiger partial charge in [0.15, 0.2) is 9.84 Å². The third-order valence-corrected chi connectivity index (χ3v) is 8.25. The minimum atomic E-state index is -2.86. The van der Waals surface area contributed by atoms with Crippen LogP contribution in [0.5, 0.6) is 0 Å². The van der Waals surface area contributed by atoms with Crippen molar-refractivity contribution in [1.82, 2.24) is 9.80 Å². The van der Waals surface area contributed by atoms with Crippen molar-refractivity contribution in [2.45, 2.75) is 43.6 Å². The summed E-state index contributed by atoms with van der Waals surface area (Å²) in [6.07, 6.45) is 4.34. The van der Waals surface area contributed by atoms with Crippen molar-refractivity contribution in [2.75, 3.05) is 37.7 Å². The molecule has 0 spiro atoms. The number of piperidine rings is 1. The van der Waals surface area contributed by atoms with Gasteiger partial charge in [0.05, 0.1) is 16.9 Å². The predicted molar refractivity (Wildman–Crippen MR) is 102 cm³/mol. The molecule has 1 aliphatic carbocycles. The molecule has 0 bridgehead atoms. The van der Waals surface area contributed by atoms with Gasteiger partial charge in [-0.1, -0.05) is 18.6 Å². The molecule has 2 saturated heterocycles. The Morgan fingerprint density at radius 1 is 1.07 bits per heavy atom. The lowest BCUT2D eigenvalue weighted by molar-refractivity contribution is -0.142. The molecule has 0 unspecified atom stereocenters. The molecule has 1 aromatic carbocycles. The van der Waals surface area contributed by atoms with Gasteiger partial charge in [-0.05, 0) is 43.4 Å². The van der Waals surface area contributed by atoms with Crippen LogP contribution in [0.3, 0.4) is 0 Å². The van der Waals surface area contributed by atoms with Crippen molar-refractivity contribution in [2.24, 2.45) is 0 Å². The summed E-state index contributed by atoms with van der Waals surface area (Å²) < 4.78 is 36.9. The maximum absolute atomic E-state index is 13.7. The van der Waals surface area contributed by atoms with E-state index in [-0.39, 0.29) is 23.2 Å². The molecule has 7 heteroatoms. The molecule has 0 radical (unpaired) electrons. The quantitative estimate of drug-likeness (QED) is 0.787. The van der Waals surface area contributed by atoms with Crippen molar-refractivity contribution in [1.29, 1.82) is 0 Å². The number of likely N-dealkylation sites (tertiary alicyclic amines) is 1. The third-order valence-electron chi connectivity index (χ3n) is 6.64. The second-order valence-electron chi connectivity index (χ2n) is 8.16. The number of nitrogens with zero attached hydrogens (tertiary/aromatic N) is 2. The topological polar surface area (TPSA) is 57.7 Å². The SMILES string of the molecule is O=C(N1CCC(N2CCS(=O)(=O)CC2)CC1)C1(c2cccc(F)c2)CCC1. The maximum Gasteiger partial charge on any atom is 0.233 e. The first-order valence-corrected chi connectivity index (χ1v) is 11.7. The lowest BCUT2D eigenvalue weighted by atomic mass is 9.63. The van der Waals surface area contributed by atoms with Crippen LogP contribution < -0.4 is 0 Å². The Hall–Kier alpha value is -1.47. The van der Waals surface area contributed by atoms with Gasteiger partial charge in [0, 0.05) is 32.2 Å². The molecular weight excluding hydrogens is 367 g/mol. The summed E-state index contributed by atoms with van der Waals surface area (Å²) in [5.74, 6) is 0.341. The maximum atomic E-state index is 13.7. The summed E-state index contributed by atoms with van der Waals surface area (Å²) in [6.45, 7) is 2.61. The second-order valence-corrected chi connectivity index (χ2v) is 10.5. The Labute approximate surface area is 160 Å². The van der Waals surface area contributed by atoms with Gasteiger partial charge in [0.25, 0.3) is 0 Å². The molecule has 2 heterocycles. The van der Waals surface area contributed by atoms with E-state index in [4.69, 9.17) is 0 Å². The monoisotopic (exact) mass is 394 g/mol. The van der Waals surface area contributed by atoms with Crippen LogP contribution >= 0.6 is 0 Å². The molecule has 1 amide bonds. The fourth-order valence-corrected chi connectivity index (χ4v) is 6.00. The highest BCUT2D eigenvalue weighted by Crippen LogP contribution is 2.45. The Morgan fingerprint density at radius 3 is 2.30 bits per heavy atom. The molecule has 0 atom stereocenters. The summed E-state index contributed by atoms with van der Waals surface area (Å²) in [4.78, 5) is 17.5. The molecule has 4 rings (SSSR count). The van der Waals surface area contributed by atoms with E-state index in [2.05, 4.69) is 4.90 Å². The number of rotatable bonds is 3. The van der Waals surface area contributed by atoms with Crippen molar-refractivity contribution in [3.8, 4) is 0 Å². The molecule has 148 valence electrons. The van der Waals surface area contributed by atoms with Gasteiger partial charge >= 0.3 is 0 Å². The molecule has 0 N–H and O–H groups in total. The van der Waals surface area contributed by atoms with Crippen molar-refractivity contribution in [3.63, 3.8) is 0 Å². The minimum Gasteiger partial charge on any atom is -0.342 e. The first-order valence-electron chi connectivity index (χ1n) is 9.90. The van der Waals surface area contributed by atoms with Crippen molar-refractivity contribution >= 4 is 15.7 Å². The largest absolute Gasteiger partial charge is 0.342 e. The van der Waals surface area contributed by atoms with Crippen LogP contribution in [-0.2, 0) is 20.0 Å². The highest BCUT2D eigenvalue weighted by Gasteiger charge is 2.48. The number of benzene rings is 1. The first kappa shape index (κ1) is 18.9. The number of hydrogen-bond donors (Lipinski definition) is 0. The Morgan fingerprint density at radius 2 is 1.74 bits per heavy atom. The summed E-state index contributed by atoms with van der Waals surface area (Å²) in [7, 11) is -2.86. The van der Waals surface area contributed by atoms with Gasteiger partial charge in [-0.15, -0.1) is 0 Å². The van der Waals surface area contributed by atoms with E-state index in [0.717, 1.165) is 37.7 Å². The minimum absolute atomic E-state index is 0.138. The van der Waals surface area contributed by atoms with Gasteiger partial charge in [-0.3, -0.25) is 9.69 Å². The van der Waals surface area contributed by atoms with Crippen LogP contribution in [-0.4, -0.2) is 67.9 Å². The zero-order valence-electron chi connectivity index (χ0n) is 15.6. The van der Waals surface area contributed by atoms with Gasteiger partial charge in [-0.25, -0.2) is 12.8 Å². The van der Waals surface area contributed by atoms with E-state index in [9.17, 15) is 17.6 Å². The fourth-order valence-electron chi connectivity index (χ4n) is 4.77. The Kier molecular flexibility index (Phi) is 5.01. The second kappa shape index (κ2) is 7.17. The standard InChI is InChI=1S/C20H27FN2O3S/c21-17-4-1-3-16(15-17)20(7-2-8-20)19(24)23-9-5-18(6-10-23)22-11-13-27(25,26)14-12-22/h1,3-4,15,18H,2,5-14H2. The van der Waals surface area contributed by atoms with Gasteiger partial charge in [-0.2, -0.15) is 0 Å². The molecular formula is C20H27FN2O3S.